The lowest BCUT2D eigenvalue weighted by molar-refractivity contribution is -0.286. The van der Waals surface area contributed by atoms with Gasteiger partial charge in [0.05, 0.1) is 10.7 Å². The monoisotopic (exact) mass is 631 g/mol. The third-order valence-corrected chi connectivity index (χ3v) is 7.28. The first-order chi connectivity index (χ1) is 18.0. The molecule has 38 heavy (non-hydrogen) atoms. The number of rotatable bonds is 9. The number of aromatic nitrogens is 2. The fraction of sp³-hybridized carbons (Fsp3) is 0.417. The van der Waals surface area contributed by atoms with Crippen molar-refractivity contribution < 1.29 is 27.8 Å². The van der Waals surface area contributed by atoms with Crippen molar-refractivity contribution in [3.8, 4) is 11.5 Å². The lowest BCUT2D eigenvalue weighted by atomic mass is 10.1. The van der Waals surface area contributed by atoms with Crippen LogP contribution in [-0.4, -0.2) is 46.3 Å². The Morgan fingerprint density at radius 2 is 2.03 bits per heavy atom. The molecule has 1 aromatic carbocycles. The van der Waals surface area contributed by atoms with Crippen LogP contribution in [-0.2, 0) is 0 Å². The van der Waals surface area contributed by atoms with Gasteiger partial charge >= 0.3 is 6.29 Å². The van der Waals surface area contributed by atoms with Gasteiger partial charge in [-0.2, -0.15) is 5.10 Å². The van der Waals surface area contributed by atoms with Gasteiger partial charge in [0.1, 0.15) is 22.2 Å². The standard InChI is InChI=1S/C24H22BrCl2F2N5O4/c1-12(26)3-2-8-30-11-34-15(10-17(25)33-34)21(35)31-19-14(27)9-16-20(38-24(28,29)37-16)18(19)22(36)32-23(6-7-23)13-4-5-13/h3,9-11,13H,2,4-8H2,1H3,(H,31,35)(H,32,36)/b12-3+,30-11+. The lowest BCUT2D eigenvalue weighted by Gasteiger charge is -2.20. The molecule has 2 fully saturated rings. The second-order valence-electron chi connectivity index (χ2n) is 9.34. The van der Waals surface area contributed by atoms with Crippen LogP contribution in [0.4, 0.5) is 14.5 Å². The SMILES string of the molecule is C/C(Cl)=C\CC/N=C/n1nc(Br)cc1C(=O)Nc1c(Cl)cc2c(c1C(=O)NC1(C3CC3)CC1)OC(F)(F)O2. The number of carbonyl (C=O) groups excluding carboxylic acids is 2. The normalized spacial score (nSPS) is 19.1. The summed E-state index contributed by atoms with van der Waals surface area (Å²) in [4.78, 5) is 31.0. The highest BCUT2D eigenvalue weighted by Crippen LogP contribution is 2.55. The number of nitrogens with one attached hydrogen (secondary N) is 2. The van der Waals surface area contributed by atoms with Crippen LogP contribution in [0.25, 0.3) is 0 Å². The highest BCUT2D eigenvalue weighted by atomic mass is 79.9. The van der Waals surface area contributed by atoms with Crippen LogP contribution in [0, 0.1) is 5.92 Å². The number of anilines is 1. The van der Waals surface area contributed by atoms with E-state index in [1.54, 1.807) is 13.0 Å². The molecule has 0 radical (unpaired) electrons. The number of allylic oxidation sites excluding steroid dienone is 1. The van der Waals surface area contributed by atoms with Gasteiger partial charge in [-0.1, -0.05) is 29.3 Å². The molecule has 0 bridgehead atoms. The van der Waals surface area contributed by atoms with Gasteiger partial charge in [0, 0.05) is 29.2 Å². The van der Waals surface area contributed by atoms with E-state index in [1.807, 2.05) is 0 Å². The summed E-state index contributed by atoms with van der Waals surface area (Å²) < 4.78 is 38.8. The molecule has 1 aliphatic heterocycles. The zero-order chi connectivity index (χ0) is 27.2. The maximum atomic E-state index is 14.0. The number of benzene rings is 1. The minimum atomic E-state index is -3.99. The Bertz CT molecular complexity index is 1370. The summed E-state index contributed by atoms with van der Waals surface area (Å²) in [5.41, 5.74) is -0.866. The predicted molar refractivity (Wildman–Crippen MR) is 141 cm³/mol. The van der Waals surface area contributed by atoms with Gasteiger partial charge in [-0.25, -0.2) is 4.68 Å². The summed E-state index contributed by atoms with van der Waals surface area (Å²) in [6, 6.07) is 2.50. The number of fused-ring (bicyclic) bond motifs is 1. The van der Waals surface area contributed by atoms with Gasteiger partial charge < -0.3 is 20.1 Å². The Balaban J connectivity index is 1.44. The molecule has 14 heteroatoms. The molecule has 1 aromatic heterocycles. The third kappa shape index (κ3) is 5.67. The fourth-order valence-electron chi connectivity index (χ4n) is 4.36. The summed E-state index contributed by atoms with van der Waals surface area (Å²) in [6.07, 6.45) is 3.30. The minimum absolute atomic E-state index is 0.0479. The molecule has 0 saturated heterocycles. The molecule has 0 unspecified atom stereocenters. The molecule has 2 aliphatic carbocycles. The van der Waals surface area contributed by atoms with Gasteiger partial charge in [0.15, 0.2) is 11.5 Å². The number of halogens is 5. The van der Waals surface area contributed by atoms with E-state index in [0.29, 0.717) is 28.5 Å². The molecule has 5 rings (SSSR count). The van der Waals surface area contributed by atoms with E-state index >= 15 is 0 Å². The number of hydrogen-bond donors (Lipinski definition) is 2. The number of aliphatic imine (C=N–C) groups is 1. The summed E-state index contributed by atoms with van der Waals surface area (Å²) in [6.45, 7) is 2.16. The molecule has 0 atom stereocenters. The maximum absolute atomic E-state index is 14.0. The van der Waals surface area contributed by atoms with E-state index in [4.69, 9.17) is 23.2 Å². The average molecular weight is 633 g/mol. The highest BCUT2D eigenvalue weighted by Gasteiger charge is 2.55. The van der Waals surface area contributed by atoms with Crippen LogP contribution in [0.3, 0.4) is 0 Å². The van der Waals surface area contributed by atoms with Crippen LogP contribution in [0.15, 0.2) is 32.8 Å². The van der Waals surface area contributed by atoms with Crippen LogP contribution in [0.5, 0.6) is 11.5 Å². The van der Waals surface area contributed by atoms with Crippen LogP contribution < -0.4 is 20.1 Å². The first-order valence-corrected chi connectivity index (χ1v) is 13.4. The van der Waals surface area contributed by atoms with Crippen molar-refractivity contribution in [3.05, 3.63) is 44.1 Å². The van der Waals surface area contributed by atoms with Gasteiger partial charge in [-0.15, -0.1) is 8.78 Å². The second kappa shape index (κ2) is 10.1. The topological polar surface area (TPSA) is 107 Å². The maximum Gasteiger partial charge on any atom is 0.586 e. The summed E-state index contributed by atoms with van der Waals surface area (Å²) in [7, 11) is 0. The van der Waals surface area contributed by atoms with Crippen molar-refractivity contribution in [2.24, 2.45) is 10.9 Å². The molecular formula is C24H22BrCl2F2N5O4. The molecule has 2 heterocycles. The number of amides is 2. The zero-order valence-electron chi connectivity index (χ0n) is 20.0. The molecule has 2 saturated carbocycles. The van der Waals surface area contributed by atoms with Crippen LogP contribution in [0.2, 0.25) is 5.02 Å². The summed E-state index contributed by atoms with van der Waals surface area (Å²) in [5.74, 6) is -1.97. The van der Waals surface area contributed by atoms with Gasteiger partial charge in [0.2, 0.25) is 0 Å². The Kier molecular flexibility index (Phi) is 7.16. The smallest absolute Gasteiger partial charge is 0.395 e. The van der Waals surface area contributed by atoms with Crippen LogP contribution >= 0.6 is 39.1 Å². The van der Waals surface area contributed by atoms with E-state index in [1.165, 1.54) is 17.1 Å². The second-order valence-corrected chi connectivity index (χ2v) is 11.2. The summed E-state index contributed by atoms with van der Waals surface area (Å²) >= 11 is 15.4. The van der Waals surface area contributed by atoms with Crippen molar-refractivity contribution in [2.75, 3.05) is 11.9 Å². The molecule has 2 amide bonds. The van der Waals surface area contributed by atoms with Gasteiger partial charge in [0.25, 0.3) is 11.8 Å². The largest absolute Gasteiger partial charge is 0.586 e. The van der Waals surface area contributed by atoms with Crippen LogP contribution in [0.1, 0.15) is 59.9 Å². The Morgan fingerprint density at radius 3 is 2.68 bits per heavy atom. The van der Waals surface area contributed by atoms with Gasteiger partial charge in [-0.3, -0.25) is 14.6 Å². The predicted octanol–water partition coefficient (Wildman–Crippen LogP) is 5.95. The first kappa shape index (κ1) is 26.9. The number of alkyl halides is 2. The number of ether oxygens (including phenoxy) is 2. The Labute approximate surface area is 234 Å². The van der Waals surface area contributed by atoms with E-state index in [0.717, 1.165) is 31.7 Å². The Hall–Kier alpha value is -2.70. The average Bonchev–Trinajstić information content (AvgIpc) is 3.74. The quantitative estimate of drug-likeness (QED) is 0.202. The molecule has 202 valence electrons. The molecule has 2 N–H and O–H groups in total. The van der Waals surface area contributed by atoms with Crippen molar-refractivity contribution in [3.63, 3.8) is 0 Å². The molecule has 9 nitrogen and oxygen atoms in total. The van der Waals surface area contributed by atoms with E-state index in [-0.39, 0.29) is 27.5 Å². The van der Waals surface area contributed by atoms with Gasteiger partial charge in [-0.05, 0) is 60.9 Å². The van der Waals surface area contributed by atoms with Crippen molar-refractivity contribution in [1.82, 2.24) is 15.1 Å². The Morgan fingerprint density at radius 1 is 1.29 bits per heavy atom. The highest BCUT2D eigenvalue weighted by molar-refractivity contribution is 9.10. The number of nitrogens with zero attached hydrogens (tertiary/aromatic N) is 3. The number of hydrogen-bond acceptors (Lipinski definition) is 6. The van der Waals surface area contributed by atoms with Crippen molar-refractivity contribution in [1.29, 1.82) is 0 Å². The molecule has 3 aliphatic rings. The van der Waals surface area contributed by atoms with Crippen molar-refractivity contribution in [2.45, 2.75) is 50.9 Å². The zero-order valence-corrected chi connectivity index (χ0v) is 23.1. The van der Waals surface area contributed by atoms with E-state index in [2.05, 4.69) is 46.1 Å². The lowest BCUT2D eigenvalue weighted by Crippen LogP contribution is -2.39. The summed E-state index contributed by atoms with van der Waals surface area (Å²) in [5, 5.41) is 10.2. The van der Waals surface area contributed by atoms with E-state index in [9.17, 15) is 18.4 Å². The fourth-order valence-corrected chi connectivity index (χ4v) is 5.10. The molecule has 0 spiro atoms. The third-order valence-electron chi connectivity index (χ3n) is 6.44. The number of carbonyl (C=O) groups is 2. The molecule has 2 aromatic rings. The minimum Gasteiger partial charge on any atom is -0.395 e. The van der Waals surface area contributed by atoms with Crippen molar-refractivity contribution >= 4 is 63.0 Å². The molecular weight excluding hydrogens is 611 g/mol. The first-order valence-electron chi connectivity index (χ1n) is 11.8. The van der Waals surface area contributed by atoms with E-state index < -0.39 is 29.6 Å².